The first-order chi connectivity index (χ1) is 6.29. The molecule has 14 heavy (non-hydrogen) atoms. The highest BCUT2D eigenvalue weighted by Gasteiger charge is 2.11. The van der Waals surface area contributed by atoms with Crippen molar-refractivity contribution in [1.82, 2.24) is 0 Å². The van der Waals surface area contributed by atoms with Gasteiger partial charge in [-0.15, -0.1) is 0 Å². The molecule has 0 radical (unpaired) electrons. The lowest BCUT2D eigenvalue weighted by atomic mass is 10.3. The van der Waals surface area contributed by atoms with Crippen molar-refractivity contribution in [3.63, 3.8) is 0 Å². The van der Waals surface area contributed by atoms with Gasteiger partial charge in [-0.05, 0) is 12.1 Å². The fourth-order valence-electron chi connectivity index (χ4n) is 0.825. The molecular weight excluding hydrogens is 313 g/mol. The molecule has 0 heterocycles. The van der Waals surface area contributed by atoms with E-state index in [1.807, 2.05) is 0 Å². The second-order valence-corrected chi connectivity index (χ2v) is 6.10. The van der Waals surface area contributed by atoms with Crippen LogP contribution in [0.5, 0.6) is 0 Å². The summed E-state index contributed by atoms with van der Waals surface area (Å²) in [4.78, 5) is 0. The maximum absolute atomic E-state index is 10.9. The zero-order valence-electron chi connectivity index (χ0n) is 7.01. The van der Waals surface area contributed by atoms with E-state index in [0.717, 1.165) is 6.26 Å². The van der Waals surface area contributed by atoms with Crippen LogP contribution in [0.4, 0.5) is 5.69 Å². The van der Waals surface area contributed by atoms with E-state index >= 15 is 0 Å². The smallest absolute Gasteiger partial charge is 0.229 e. The molecule has 0 aliphatic carbocycles. The molecule has 3 nitrogen and oxygen atoms in total. The summed E-state index contributed by atoms with van der Waals surface area (Å²) in [5.74, 6) is 0. The highest BCUT2D eigenvalue weighted by atomic mass is 79.9. The molecule has 0 spiro atoms. The van der Waals surface area contributed by atoms with Crippen molar-refractivity contribution in [2.24, 2.45) is 0 Å². The van der Waals surface area contributed by atoms with E-state index < -0.39 is 10.0 Å². The minimum atomic E-state index is -3.37. The van der Waals surface area contributed by atoms with E-state index in [2.05, 4.69) is 20.7 Å². The van der Waals surface area contributed by atoms with Crippen LogP contribution in [0.3, 0.4) is 0 Å². The Bertz CT molecular complexity index is 438. The zero-order valence-corrected chi connectivity index (χ0v) is 10.9. The van der Waals surface area contributed by atoms with Crippen LogP contribution in [0.2, 0.25) is 10.0 Å². The Morgan fingerprint density at radius 3 is 2.07 bits per heavy atom. The topological polar surface area (TPSA) is 46.2 Å². The zero-order chi connectivity index (χ0) is 10.9. The first-order valence-electron chi connectivity index (χ1n) is 3.42. The molecule has 0 amide bonds. The number of anilines is 1. The van der Waals surface area contributed by atoms with Crippen LogP contribution in [-0.2, 0) is 10.0 Å². The van der Waals surface area contributed by atoms with Crippen LogP contribution < -0.4 is 4.72 Å². The van der Waals surface area contributed by atoms with Crippen molar-refractivity contribution in [2.75, 3.05) is 11.0 Å². The van der Waals surface area contributed by atoms with Gasteiger partial charge in [0.25, 0.3) is 0 Å². The molecule has 0 aliphatic rings. The largest absolute Gasteiger partial charge is 0.281 e. The maximum Gasteiger partial charge on any atom is 0.229 e. The van der Waals surface area contributed by atoms with Gasteiger partial charge in [0, 0.05) is 4.47 Å². The molecular formula is C7H6BrCl2NO2S. The average molecular weight is 319 g/mol. The third kappa shape index (κ3) is 3.31. The monoisotopic (exact) mass is 317 g/mol. The Kier molecular flexibility index (Phi) is 3.69. The SMILES string of the molecule is CS(=O)(=O)Nc1c(Cl)cc(Br)cc1Cl. The van der Waals surface area contributed by atoms with Crippen molar-refractivity contribution in [1.29, 1.82) is 0 Å². The Morgan fingerprint density at radius 1 is 1.29 bits per heavy atom. The average Bonchev–Trinajstić information content (AvgIpc) is 1.95. The minimum absolute atomic E-state index is 0.194. The molecule has 1 rings (SSSR count). The highest BCUT2D eigenvalue weighted by Crippen LogP contribution is 2.34. The Morgan fingerprint density at radius 2 is 1.71 bits per heavy atom. The van der Waals surface area contributed by atoms with Gasteiger partial charge in [0.05, 0.1) is 22.0 Å². The summed E-state index contributed by atoms with van der Waals surface area (Å²) < 4.78 is 24.8. The number of sulfonamides is 1. The van der Waals surface area contributed by atoms with Gasteiger partial charge in [-0.3, -0.25) is 4.72 Å². The molecule has 1 aromatic carbocycles. The van der Waals surface area contributed by atoms with E-state index in [1.165, 1.54) is 0 Å². The summed E-state index contributed by atoms with van der Waals surface area (Å²) in [6.07, 6.45) is 1.03. The van der Waals surface area contributed by atoms with E-state index in [-0.39, 0.29) is 15.7 Å². The number of rotatable bonds is 2. The molecule has 0 bridgehead atoms. The molecule has 0 fully saturated rings. The Hall–Kier alpha value is 0.0300. The fourth-order valence-corrected chi connectivity index (χ4v) is 2.83. The number of nitrogens with one attached hydrogen (secondary N) is 1. The van der Waals surface area contributed by atoms with Crippen molar-refractivity contribution in [3.8, 4) is 0 Å². The summed E-state index contributed by atoms with van der Waals surface area (Å²) in [5, 5.41) is 0.490. The summed E-state index contributed by atoms with van der Waals surface area (Å²) >= 11 is 14.8. The molecule has 0 atom stereocenters. The van der Waals surface area contributed by atoms with Crippen molar-refractivity contribution >= 4 is 54.8 Å². The van der Waals surface area contributed by atoms with Gasteiger partial charge in [-0.25, -0.2) is 8.42 Å². The molecule has 1 aromatic rings. The number of hydrogen-bond acceptors (Lipinski definition) is 2. The predicted octanol–water partition coefficient (Wildman–Crippen LogP) is 3.13. The molecule has 7 heteroatoms. The highest BCUT2D eigenvalue weighted by molar-refractivity contribution is 9.10. The fraction of sp³-hybridized carbons (Fsp3) is 0.143. The number of hydrogen-bond donors (Lipinski definition) is 1. The summed E-state index contributed by atoms with van der Waals surface area (Å²) in [5.41, 5.74) is 0.194. The Balaban J connectivity index is 3.22. The molecule has 0 unspecified atom stereocenters. The molecule has 78 valence electrons. The van der Waals surface area contributed by atoms with Crippen molar-refractivity contribution in [2.45, 2.75) is 0 Å². The Labute approximate surface area is 101 Å². The van der Waals surface area contributed by atoms with Crippen LogP contribution >= 0.6 is 39.1 Å². The third-order valence-electron chi connectivity index (χ3n) is 1.29. The molecule has 0 aliphatic heterocycles. The van der Waals surface area contributed by atoms with Crippen molar-refractivity contribution < 1.29 is 8.42 Å². The molecule has 0 saturated carbocycles. The van der Waals surface area contributed by atoms with Crippen LogP contribution in [-0.4, -0.2) is 14.7 Å². The van der Waals surface area contributed by atoms with Gasteiger partial charge in [-0.1, -0.05) is 39.1 Å². The summed E-state index contributed by atoms with van der Waals surface area (Å²) in [6.45, 7) is 0. The lowest BCUT2D eigenvalue weighted by molar-refractivity contribution is 0.607. The molecule has 0 aromatic heterocycles. The van der Waals surface area contributed by atoms with E-state index in [1.54, 1.807) is 12.1 Å². The van der Waals surface area contributed by atoms with E-state index in [9.17, 15) is 8.42 Å². The van der Waals surface area contributed by atoms with Crippen LogP contribution in [0.15, 0.2) is 16.6 Å². The minimum Gasteiger partial charge on any atom is -0.281 e. The van der Waals surface area contributed by atoms with Gasteiger partial charge >= 0.3 is 0 Å². The molecule has 1 N–H and O–H groups in total. The number of benzene rings is 1. The second kappa shape index (κ2) is 4.26. The quantitative estimate of drug-likeness (QED) is 0.910. The standard InChI is InChI=1S/C7H6BrCl2NO2S/c1-14(12,13)11-7-5(9)2-4(8)3-6(7)10/h2-3,11H,1H3. The van der Waals surface area contributed by atoms with Gasteiger partial charge in [0.2, 0.25) is 10.0 Å². The summed E-state index contributed by atoms with van der Waals surface area (Å²) in [6, 6.07) is 3.11. The van der Waals surface area contributed by atoms with Gasteiger partial charge in [0.15, 0.2) is 0 Å². The predicted molar refractivity (Wildman–Crippen MR) is 62.6 cm³/mol. The van der Waals surface area contributed by atoms with E-state index in [0.29, 0.717) is 4.47 Å². The van der Waals surface area contributed by atoms with Crippen LogP contribution in [0.25, 0.3) is 0 Å². The normalized spacial score (nSPS) is 11.4. The second-order valence-electron chi connectivity index (χ2n) is 2.62. The van der Waals surface area contributed by atoms with Gasteiger partial charge in [-0.2, -0.15) is 0 Å². The first-order valence-corrected chi connectivity index (χ1v) is 6.86. The van der Waals surface area contributed by atoms with E-state index in [4.69, 9.17) is 23.2 Å². The lowest BCUT2D eigenvalue weighted by Crippen LogP contribution is -2.10. The van der Waals surface area contributed by atoms with Crippen molar-refractivity contribution in [3.05, 3.63) is 26.7 Å². The van der Waals surface area contributed by atoms with Gasteiger partial charge < -0.3 is 0 Å². The van der Waals surface area contributed by atoms with Gasteiger partial charge in [0.1, 0.15) is 0 Å². The lowest BCUT2D eigenvalue weighted by Gasteiger charge is -2.08. The third-order valence-corrected chi connectivity index (χ3v) is 2.92. The van der Waals surface area contributed by atoms with Crippen LogP contribution in [0.1, 0.15) is 0 Å². The molecule has 0 saturated heterocycles. The van der Waals surface area contributed by atoms with Crippen LogP contribution in [0, 0.1) is 0 Å². The summed E-state index contributed by atoms with van der Waals surface area (Å²) in [7, 11) is -3.37. The first kappa shape index (κ1) is 12.1. The number of halogens is 3. The maximum atomic E-state index is 10.9.